The molecule has 0 radical (unpaired) electrons. The van der Waals surface area contributed by atoms with E-state index in [1.54, 1.807) is 26.0 Å². The first-order valence-electron chi connectivity index (χ1n) is 15.3. The van der Waals surface area contributed by atoms with Crippen LogP contribution in [0.15, 0.2) is 35.1 Å². The number of aromatic nitrogens is 1. The first-order chi connectivity index (χ1) is 22.8. The summed E-state index contributed by atoms with van der Waals surface area (Å²) in [5, 5.41) is 9.79. The first-order valence-corrected chi connectivity index (χ1v) is 15.3. The minimum absolute atomic E-state index is 0.103. The summed E-state index contributed by atoms with van der Waals surface area (Å²) in [5.74, 6) is -1.52. The number of hydrogen-bond acceptors (Lipinski definition) is 5. The molecule has 1 saturated heterocycles. The van der Waals surface area contributed by atoms with Crippen LogP contribution in [0.4, 0.5) is 36.4 Å². The van der Waals surface area contributed by atoms with E-state index >= 15 is 0 Å². The van der Waals surface area contributed by atoms with E-state index in [0.29, 0.717) is 28.8 Å². The number of carbonyl (C=O) groups excluding carboxylic acids is 1. The fourth-order valence-corrected chi connectivity index (χ4v) is 5.70. The van der Waals surface area contributed by atoms with E-state index in [1.165, 1.54) is 23.4 Å². The Morgan fingerprint density at radius 3 is 2.22 bits per heavy atom. The van der Waals surface area contributed by atoms with E-state index in [4.69, 9.17) is 9.84 Å². The number of halogens is 7. The Hall–Kier alpha value is -4.40. The van der Waals surface area contributed by atoms with Crippen LogP contribution in [0, 0.1) is 33.5 Å². The van der Waals surface area contributed by atoms with Crippen LogP contribution < -0.4 is 15.8 Å². The maximum Gasteiger partial charge on any atom is 0.417 e. The molecule has 2 N–H and O–H groups in total. The minimum Gasteiger partial charge on any atom is -0.480 e. The molecule has 1 atom stereocenters. The van der Waals surface area contributed by atoms with Crippen LogP contribution >= 0.6 is 0 Å². The number of hydrogen-bond donors (Lipinski definition) is 2. The molecular formula is C34H38F7N3O5. The second-order valence-corrected chi connectivity index (χ2v) is 11.8. The number of carboxylic acid groups (broad SMARTS) is 1. The molecule has 8 nitrogen and oxygen atoms in total. The van der Waals surface area contributed by atoms with Crippen molar-refractivity contribution in [2.24, 2.45) is 7.05 Å². The third-order valence-electron chi connectivity index (χ3n) is 8.53. The van der Waals surface area contributed by atoms with Crippen LogP contribution in [-0.4, -0.2) is 60.6 Å². The standard InChI is InChI=1S/C18H18F3NO.C13H15F4NO.C3H5NO3/c1-10-7-8-14(13-6-4-5-12(10)13)16-15(18(19,20)21)9-11(2)22(3)17(16)23;1-8-5-10(6-11(14)9(8)2)18-3-4-19-7-12(18)13(15,16)17;5-2-4-1-3(6)7/h7-9H,4-6H2,1-3H3;5-6,12H,3-4,7H2,1-2H3;2H,1H2,(H,4,5)(H,6,7). The Bertz CT molecular complexity index is 1710. The van der Waals surface area contributed by atoms with Gasteiger partial charge < -0.3 is 24.6 Å². The molecule has 1 fully saturated rings. The molecule has 49 heavy (non-hydrogen) atoms. The lowest BCUT2D eigenvalue weighted by Gasteiger charge is -2.38. The highest BCUT2D eigenvalue weighted by molar-refractivity contribution is 5.73. The zero-order valence-electron chi connectivity index (χ0n) is 27.6. The summed E-state index contributed by atoms with van der Waals surface area (Å²) < 4.78 is 99.2. The number of carbonyl (C=O) groups is 2. The lowest BCUT2D eigenvalue weighted by Crippen LogP contribution is -2.53. The number of amides is 1. The molecular weight excluding hydrogens is 663 g/mol. The molecule has 268 valence electrons. The lowest BCUT2D eigenvalue weighted by atomic mass is 9.91. The fourth-order valence-electron chi connectivity index (χ4n) is 5.70. The smallest absolute Gasteiger partial charge is 0.417 e. The highest BCUT2D eigenvalue weighted by atomic mass is 19.4. The average Bonchev–Trinajstić information content (AvgIpc) is 3.53. The molecule has 0 saturated carbocycles. The van der Waals surface area contributed by atoms with Gasteiger partial charge in [-0.15, -0.1) is 0 Å². The molecule has 5 rings (SSSR count). The lowest BCUT2D eigenvalue weighted by molar-refractivity contribution is -0.167. The number of aliphatic carboxylic acids is 1. The zero-order valence-corrected chi connectivity index (χ0v) is 27.6. The maximum atomic E-state index is 13.7. The van der Waals surface area contributed by atoms with Gasteiger partial charge in [-0.25, -0.2) is 4.39 Å². The summed E-state index contributed by atoms with van der Waals surface area (Å²) in [4.78, 5) is 32.6. The molecule has 1 amide bonds. The quantitative estimate of drug-likeness (QED) is 0.243. The van der Waals surface area contributed by atoms with Crippen LogP contribution in [0.5, 0.6) is 0 Å². The Morgan fingerprint density at radius 1 is 1.02 bits per heavy atom. The van der Waals surface area contributed by atoms with Gasteiger partial charge in [0.15, 0.2) is 0 Å². The molecule has 2 heterocycles. The number of aryl methyl sites for hydroxylation is 3. The van der Waals surface area contributed by atoms with Crippen molar-refractivity contribution in [3.05, 3.63) is 85.6 Å². The van der Waals surface area contributed by atoms with Gasteiger partial charge in [-0.1, -0.05) is 12.1 Å². The monoisotopic (exact) mass is 701 g/mol. The van der Waals surface area contributed by atoms with Gasteiger partial charge in [-0.3, -0.25) is 14.4 Å². The van der Waals surface area contributed by atoms with Crippen LogP contribution in [0.2, 0.25) is 0 Å². The Labute approximate surface area is 278 Å². The van der Waals surface area contributed by atoms with Crippen LogP contribution in [-0.2, 0) is 40.4 Å². The van der Waals surface area contributed by atoms with Gasteiger partial charge in [-0.05, 0) is 98.5 Å². The van der Waals surface area contributed by atoms with Crippen molar-refractivity contribution in [1.82, 2.24) is 9.88 Å². The second-order valence-electron chi connectivity index (χ2n) is 11.8. The first kappa shape index (κ1) is 39.0. The van der Waals surface area contributed by atoms with E-state index < -0.39 is 47.9 Å². The predicted molar refractivity (Wildman–Crippen MR) is 169 cm³/mol. The van der Waals surface area contributed by atoms with Crippen molar-refractivity contribution in [1.29, 1.82) is 0 Å². The SMILES string of the molecule is Cc1cc(N2CCOCC2C(F)(F)F)cc(F)c1C.Cc1ccc(-c2c(C(F)(F)F)cc(C)n(C)c2=O)c2c1CCC2.O=CNCC(=O)O. The Balaban J connectivity index is 0.000000226. The highest BCUT2D eigenvalue weighted by Crippen LogP contribution is 2.40. The molecule has 1 unspecified atom stereocenters. The number of carboxylic acids is 1. The van der Waals surface area contributed by atoms with Crippen LogP contribution in [0.3, 0.4) is 0 Å². The van der Waals surface area contributed by atoms with Gasteiger partial charge in [0.25, 0.3) is 5.56 Å². The van der Waals surface area contributed by atoms with Crippen molar-refractivity contribution < 1.29 is 50.2 Å². The molecule has 2 aliphatic rings. The number of alkyl halides is 6. The van der Waals surface area contributed by atoms with Gasteiger partial charge in [0.2, 0.25) is 6.41 Å². The van der Waals surface area contributed by atoms with Crippen molar-refractivity contribution in [2.75, 3.05) is 31.2 Å². The van der Waals surface area contributed by atoms with Crippen molar-refractivity contribution in [3.8, 4) is 11.1 Å². The third-order valence-corrected chi connectivity index (χ3v) is 8.53. The molecule has 3 aromatic rings. The minimum atomic E-state index is -4.55. The summed E-state index contributed by atoms with van der Waals surface area (Å²) in [5.41, 5.74) is 3.53. The molecule has 1 aliphatic heterocycles. The van der Waals surface area contributed by atoms with E-state index in [2.05, 4.69) is 0 Å². The zero-order chi connectivity index (χ0) is 36.8. The molecule has 1 aromatic heterocycles. The van der Waals surface area contributed by atoms with Crippen LogP contribution in [0.25, 0.3) is 11.1 Å². The number of fused-ring (bicyclic) bond motifs is 1. The summed E-state index contributed by atoms with van der Waals surface area (Å²) >= 11 is 0. The van der Waals surface area contributed by atoms with Crippen LogP contribution in [0.1, 0.15) is 45.5 Å². The largest absolute Gasteiger partial charge is 0.480 e. The number of ether oxygens (including phenoxy) is 1. The normalized spacial score (nSPS) is 15.8. The number of morpholine rings is 1. The number of nitrogens with one attached hydrogen (secondary N) is 1. The molecule has 1 aliphatic carbocycles. The van der Waals surface area contributed by atoms with E-state index in [1.807, 2.05) is 18.3 Å². The predicted octanol–water partition coefficient (Wildman–Crippen LogP) is 6.20. The van der Waals surface area contributed by atoms with E-state index in [-0.39, 0.29) is 30.9 Å². The number of pyridine rings is 1. The summed E-state index contributed by atoms with van der Waals surface area (Å²) in [7, 11) is 1.51. The third kappa shape index (κ3) is 9.40. The maximum absolute atomic E-state index is 13.7. The summed E-state index contributed by atoms with van der Waals surface area (Å²) in [6, 6.07) is 5.58. The molecule has 15 heteroatoms. The fraction of sp³-hybridized carbons (Fsp3) is 0.441. The van der Waals surface area contributed by atoms with Crippen molar-refractivity contribution in [2.45, 2.75) is 65.4 Å². The Morgan fingerprint density at radius 2 is 1.67 bits per heavy atom. The van der Waals surface area contributed by atoms with Crippen molar-refractivity contribution in [3.63, 3.8) is 0 Å². The van der Waals surface area contributed by atoms with Gasteiger partial charge >= 0.3 is 18.3 Å². The van der Waals surface area contributed by atoms with E-state index in [9.17, 15) is 45.1 Å². The second kappa shape index (κ2) is 15.9. The number of nitrogens with zero attached hydrogens (tertiary/aromatic N) is 2. The van der Waals surface area contributed by atoms with E-state index in [0.717, 1.165) is 48.1 Å². The number of rotatable bonds is 5. The molecule has 2 aromatic carbocycles. The number of anilines is 1. The highest BCUT2D eigenvalue weighted by Gasteiger charge is 2.45. The van der Waals surface area contributed by atoms with Gasteiger partial charge in [0.05, 0.1) is 24.3 Å². The van der Waals surface area contributed by atoms with Gasteiger partial charge in [-0.2, -0.15) is 26.3 Å². The summed E-state index contributed by atoms with van der Waals surface area (Å²) in [6.45, 7) is 6.36. The van der Waals surface area contributed by atoms with Gasteiger partial charge in [0, 0.05) is 25.0 Å². The Kier molecular flexibility index (Phi) is 12.6. The number of benzene rings is 2. The molecule has 0 spiro atoms. The average molecular weight is 702 g/mol. The van der Waals surface area contributed by atoms with Crippen molar-refractivity contribution >= 4 is 18.1 Å². The van der Waals surface area contributed by atoms with Gasteiger partial charge in [0.1, 0.15) is 18.4 Å². The molecule has 0 bridgehead atoms. The topological polar surface area (TPSA) is 101 Å². The summed E-state index contributed by atoms with van der Waals surface area (Å²) in [6.07, 6.45) is -6.10.